The van der Waals surface area contributed by atoms with Gasteiger partial charge in [0.15, 0.2) is 0 Å². The predicted molar refractivity (Wildman–Crippen MR) is 73.8 cm³/mol. The number of hydrogen-bond donors (Lipinski definition) is 1. The molecule has 1 aromatic heterocycles. The smallest absolute Gasteiger partial charge is 0.132 e. The Bertz CT molecular complexity index is 654. The van der Waals surface area contributed by atoms with Crippen LogP contribution >= 0.6 is 0 Å². The molecular weight excluding hydrogens is 240 g/mol. The van der Waals surface area contributed by atoms with E-state index in [9.17, 15) is 0 Å². The number of ether oxygens (including phenoxy) is 1. The summed E-state index contributed by atoms with van der Waals surface area (Å²) in [4.78, 5) is 8.62. The van der Waals surface area contributed by atoms with Gasteiger partial charge < -0.3 is 9.84 Å². The SMILES string of the molecule is C=CCOc1ccc2nc(C#CC(C)O)cnc2c1. The van der Waals surface area contributed by atoms with Crippen LogP contribution in [-0.4, -0.2) is 27.8 Å². The van der Waals surface area contributed by atoms with E-state index >= 15 is 0 Å². The average Bonchev–Trinajstić information content (AvgIpc) is 2.42. The van der Waals surface area contributed by atoms with E-state index in [0.29, 0.717) is 12.3 Å². The molecule has 0 aliphatic carbocycles. The van der Waals surface area contributed by atoms with Crippen molar-refractivity contribution in [3.8, 4) is 17.6 Å². The molecule has 4 nitrogen and oxygen atoms in total. The molecule has 1 atom stereocenters. The van der Waals surface area contributed by atoms with Crippen LogP contribution in [0.1, 0.15) is 12.6 Å². The summed E-state index contributed by atoms with van der Waals surface area (Å²) in [5.74, 6) is 6.13. The summed E-state index contributed by atoms with van der Waals surface area (Å²) in [6.07, 6.45) is 2.59. The van der Waals surface area contributed by atoms with E-state index in [1.165, 1.54) is 0 Å². The summed E-state index contributed by atoms with van der Waals surface area (Å²) >= 11 is 0. The zero-order valence-electron chi connectivity index (χ0n) is 10.6. The lowest BCUT2D eigenvalue weighted by Gasteiger charge is -2.04. The third-order valence-electron chi connectivity index (χ3n) is 2.29. The molecule has 0 radical (unpaired) electrons. The minimum atomic E-state index is -0.674. The fraction of sp³-hybridized carbons (Fsp3) is 0.200. The molecule has 0 saturated heterocycles. The number of benzene rings is 1. The van der Waals surface area contributed by atoms with E-state index in [-0.39, 0.29) is 0 Å². The van der Waals surface area contributed by atoms with E-state index < -0.39 is 6.10 Å². The second-order valence-corrected chi connectivity index (χ2v) is 3.95. The Labute approximate surface area is 111 Å². The second kappa shape index (κ2) is 5.98. The first-order chi connectivity index (χ1) is 9.19. The lowest BCUT2D eigenvalue weighted by Crippen LogP contribution is -1.95. The molecule has 1 N–H and O–H groups in total. The van der Waals surface area contributed by atoms with Crippen molar-refractivity contribution in [1.29, 1.82) is 0 Å². The molecule has 1 unspecified atom stereocenters. The van der Waals surface area contributed by atoms with Gasteiger partial charge in [-0.1, -0.05) is 18.6 Å². The number of fused-ring (bicyclic) bond motifs is 1. The summed E-state index contributed by atoms with van der Waals surface area (Å²) < 4.78 is 5.43. The molecule has 1 aromatic carbocycles. The van der Waals surface area contributed by atoms with Crippen molar-refractivity contribution < 1.29 is 9.84 Å². The average molecular weight is 254 g/mol. The van der Waals surface area contributed by atoms with Crippen LogP contribution in [0, 0.1) is 11.8 Å². The fourth-order valence-electron chi connectivity index (χ4n) is 1.47. The number of rotatable bonds is 3. The van der Waals surface area contributed by atoms with Crippen LogP contribution in [0.25, 0.3) is 11.0 Å². The van der Waals surface area contributed by atoms with Gasteiger partial charge in [0.05, 0.1) is 17.2 Å². The summed E-state index contributed by atoms with van der Waals surface area (Å²) in [6, 6.07) is 5.47. The Hall–Kier alpha value is -2.38. The van der Waals surface area contributed by atoms with E-state index in [4.69, 9.17) is 9.84 Å². The molecule has 2 aromatic rings. The minimum absolute atomic E-state index is 0.455. The third-order valence-corrected chi connectivity index (χ3v) is 2.29. The van der Waals surface area contributed by atoms with Crippen molar-refractivity contribution in [2.75, 3.05) is 6.61 Å². The molecule has 0 aliphatic heterocycles. The summed E-state index contributed by atoms with van der Waals surface area (Å²) in [5.41, 5.74) is 2.01. The number of aliphatic hydroxyl groups excluding tert-OH is 1. The number of hydrogen-bond acceptors (Lipinski definition) is 4. The van der Waals surface area contributed by atoms with Gasteiger partial charge >= 0.3 is 0 Å². The van der Waals surface area contributed by atoms with Crippen LogP contribution in [-0.2, 0) is 0 Å². The Morgan fingerprint density at radius 1 is 1.47 bits per heavy atom. The Morgan fingerprint density at radius 2 is 2.32 bits per heavy atom. The molecule has 0 bridgehead atoms. The molecule has 1 heterocycles. The van der Waals surface area contributed by atoms with Crippen molar-refractivity contribution in [2.24, 2.45) is 0 Å². The highest BCUT2D eigenvalue weighted by molar-refractivity contribution is 5.76. The topological polar surface area (TPSA) is 55.2 Å². The Kier molecular flexibility index (Phi) is 4.11. The first-order valence-electron chi connectivity index (χ1n) is 5.89. The van der Waals surface area contributed by atoms with Crippen LogP contribution in [0.2, 0.25) is 0 Å². The van der Waals surface area contributed by atoms with Gasteiger partial charge in [0.1, 0.15) is 24.2 Å². The van der Waals surface area contributed by atoms with Crippen molar-refractivity contribution in [2.45, 2.75) is 13.0 Å². The lowest BCUT2D eigenvalue weighted by molar-refractivity contribution is 0.253. The molecule has 0 aliphatic rings. The second-order valence-electron chi connectivity index (χ2n) is 3.95. The van der Waals surface area contributed by atoms with Crippen LogP contribution in [0.4, 0.5) is 0 Å². The number of aliphatic hydroxyl groups is 1. The predicted octanol–water partition coefficient (Wildman–Crippen LogP) is 1.93. The number of aromatic nitrogens is 2. The minimum Gasteiger partial charge on any atom is -0.489 e. The normalized spacial score (nSPS) is 11.5. The molecule has 96 valence electrons. The quantitative estimate of drug-likeness (QED) is 0.671. The van der Waals surface area contributed by atoms with Gasteiger partial charge in [-0.2, -0.15) is 0 Å². The summed E-state index contributed by atoms with van der Waals surface area (Å²) in [6.45, 7) is 5.65. The van der Waals surface area contributed by atoms with Gasteiger partial charge in [-0.05, 0) is 25.0 Å². The highest BCUT2D eigenvalue weighted by Gasteiger charge is 2.00. The van der Waals surface area contributed by atoms with E-state index in [1.54, 1.807) is 19.2 Å². The maximum atomic E-state index is 9.10. The first-order valence-corrected chi connectivity index (χ1v) is 5.89. The summed E-state index contributed by atoms with van der Waals surface area (Å²) in [5, 5.41) is 9.10. The first kappa shape index (κ1) is 13.1. The van der Waals surface area contributed by atoms with Crippen molar-refractivity contribution in [3.05, 3.63) is 42.7 Å². The fourth-order valence-corrected chi connectivity index (χ4v) is 1.47. The lowest BCUT2D eigenvalue weighted by atomic mass is 10.2. The van der Waals surface area contributed by atoms with Crippen molar-refractivity contribution in [3.63, 3.8) is 0 Å². The van der Waals surface area contributed by atoms with E-state index in [1.807, 2.05) is 18.2 Å². The van der Waals surface area contributed by atoms with Gasteiger partial charge in [0.2, 0.25) is 0 Å². The van der Waals surface area contributed by atoms with Crippen LogP contribution < -0.4 is 4.74 Å². The Balaban J connectivity index is 2.30. The van der Waals surface area contributed by atoms with Crippen LogP contribution in [0.15, 0.2) is 37.1 Å². The van der Waals surface area contributed by atoms with E-state index in [0.717, 1.165) is 16.8 Å². The third kappa shape index (κ3) is 3.54. The zero-order valence-corrected chi connectivity index (χ0v) is 10.6. The van der Waals surface area contributed by atoms with Crippen molar-refractivity contribution in [1.82, 2.24) is 9.97 Å². The molecule has 0 fully saturated rings. The van der Waals surface area contributed by atoms with E-state index in [2.05, 4.69) is 28.4 Å². The van der Waals surface area contributed by atoms with Crippen molar-refractivity contribution >= 4 is 11.0 Å². The van der Waals surface area contributed by atoms with Gasteiger partial charge in [-0.15, -0.1) is 0 Å². The molecule has 0 spiro atoms. The maximum absolute atomic E-state index is 9.10. The van der Waals surface area contributed by atoms with Gasteiger partial charge in [0.25, 0.3) is 0 Å². The van der Waals surface area contributed by atoms with Crippen LogP contribution in [0.3, 0.4) is 0 Å². The van der Waals surface area contributed by atoms with Gasteiger partial charge in [0, 0.05) is 6.07 Å². The highest BCUT2D eigenvalue weighted by atomic mass is 16.5. The molecule has 2 rings (SSSR count). The highest BCUT2D eigenvalue weighted by Crippen LogP contribution is 2.17. The van der Waals surface area contributed by atoms with Gasteiger partial charge in [-0.3, -0.25) is 4.98 Å². The maximum Gasteiger partial charge on any atom is 0.132 e. The standard InChI is InChI=1S/C15H14N2O2/c1-3-8-19-13-6-7-14-15(9-13)16-10-12(17-14)5-4-11(2)18/h3,6-7,9-11,18H,1,8H2,2H3. The largest absolute Gasteiger partial charge is 0.489 e. The zero-order chi connectivity index (χ0) is 13.7. The van der Waals surface area contributed by atoms with Crippen LogP contribution in [0.5, 0.6) is 5.75 Å². The molecular formula is C15H14N2O2. The molecule has 4 heteroatoms. The molecule has 0 saturated carbocycles. The molecule has 19 heavy (non-hydrogen) atoms. The molecule has 0 amide bonds. The monoisotopic (exact) mass is 254 g/mol. The Morgan fingerprint density at radius 3 is 3.05 bits per heavy atom. The summed E-state index contributed by atoms with van der Waals surface area (Å²) in [7, 11) is 0. The number of nitrogens with zero attached hydrogens (tertiary/aromatic N) is 2. The van der Waals surface area contributed by atoms with Gasteiger partial charge in [-0.25, -0.2) is 4.98 Å².